The van der Waals surface area contributed by atoms with Gasteiger partial charge in [-0.3, -0.25) is 9.69 Å². The summed E-state index contributed by atoms with van der Waals surface area (Å²) in [5.74, 6) is 0.0614. The van der Waals surface area contributed by atoms with Gasteiger partial charge in [0.25, 0.3) is 0 Å². The Labute approximate surface area is 127 Å². The number of benzene rings is 1. The number of aryl methyl sites for hydroxylation is 3. The van der Waals surface area contributed by atoms with Gasteiger partial charge in [-0.05, 0) is 56.8 Å². The standard InChI is InChI=1S/C17H27N3O/c1-12-7-13(2)16(14(3)8-12)19-15(21)9-20-6-5-17(4,10-18)11-20/h7-8H,5-6,9-11,18H2,1-4H3,(H,19,21). The third-order valence-electron chi connectivity index (χ3n) is 4.44. The van der Waals surface area contributed by atoms with Crippen molar-refractivity contribution in [2.24, 2.45) is 11.1 Å². The van der Waals surface area contributed by atoms with E-state index in [0.29, 0.717) is 13.1 Å². The van der Waals surface area contributed by atoms with Crippen LogP contribution >= 0.6 is 0 Å². The summed E-state index contributed by atoms with van der Waals surface area (Å²) in [6.07, 6.45) is 1.07. The molecular formula is C17H27N3O. The van der Waals surface area contributed by atoms with Crippen molar-refractivity contribution >= 4 is 11.6 Å². The van der Waals surface area contributed by atoms with E-state index in [2.05, 4.69) is 36.2 Å². The molecule has 1 saturated heterocycles. The molecule has 4 heteroatoms. The summed E-state index contributed by atoms with van der Waals surface area (Å²) >= 11 is 0. The third kappa shape index (κ3) is 3.83. The van der Waals surface area contributed by atoms with Crippen LogP contribution in [0.25, 0.3) is 0 Å². The Morgan fingerprint density at radius 1 is 1.33 bits per heavy atom. The average molecular weight is 289 g/mol. The number of nitrogens with zero attached hydrogens (tertiary/aromatic N) is 1. The SMILES string of the molecule is Cc1cc(C)c(NC(=O)CN2CCC(C)(CN)C2)c(C)c1. The lowest BCUT2D eigenvalue weighted by Gasteiger charge is -2.22. The lowest BCUT2D eigenvalue weighted by atomic mass is 9.90. The van der Waals surface area contributed by atoms with Crippen LogP contribution in [0.4, 0.5) is 5.69 Å². The number of hydrogen-bond acceptors (Lipinski definition) is 3. The molecule has 1 aromatic rings. The summed E-state index contributed by atoms with van der Waals surface area (Å²) in [6, 6.07) is 4.20. The number of nitrogens with one attached hydrogen (secondary N) is 1. The second-order valence-corrected chi connectivity index (χ2v) is 6.80. The predicted octanol–water partition coefficient (Wildman–Crippen LogP) is 2.22. The molecule has 1 aliphatic heterocycles. The maximum atomic E-state index is 12.3. The molecule has 116 valence electrons. The molecule has 0 spiro atoms. The van der Waals surface area contributed by atoms with E-state index in [-0.39, 0.29) is 11.3 Å². The van der Waals surface area contributed by atoms with E-state index < -0.39 is 0 Å². The summed E-state index contributed by atoms with van der Waals surface area (Å²) in [4.78, 5) is 14.5. The second kappa shape index (κ2) is 6.16. The van der Waals surface area contributed by atoms with Gasteiger partial charge in [0.05, 0.1) is 6.54 Å². The highest BCUT2D eigenvalue weighted by molar-refractivity contribution is 5.93. The smallest absolute Gasteiger partial charge is 0.238 e. The van der Waals surface area contributed by atoms with Gasteiger partial charge in [-0.1, -0.05) is 24.6 Å². The first-order valence-electron chi connectivity index (χ1n) is 7.63. The van der Waals surface area contributed by atoms with Crippen molar-refractivity contribution in [2.45, 2.75) is 34.1 Å². The lowest BCUT2D eigenvalue weighted by molar-refractivity contribution is -0.117. The van der Waals surface area contributed by atoms with Gasteiger partial charge in [0.2, 0.25) is 5.91 Å². The molecule has 0 radical (unpaired) electrons. The molecule has 0 aromatic heterocycles. The van der Waals surface area contributed by atoms with E-state index in [4.69, 9.17) is 5.73 Å². The maximum Gasteiger partial charge on any atom is 0.238 e. The van der Waals surface area contributed by atoms with Crippen molar-refractivity contribution in [2.75, 3.05) is 31.5 Å². The van der Waals surface area contributed by atoms with Crippen LogP contribution in [0.3, 0.4) is 0 Å². The minimum absolute atomic E-state index is 0.0614. The molecule has 1 unspecified atom stereocenters. The Balaban J connectivity index is 1.97. The Morgan fingerprint density at radius 3 is 2.48 bits per heavy atom. The summed E-state index contributed by atoms with van der Waals surface area (Å²) in [5.41, 5.74) is 10.4. The van der Waals surface area contributed by atoms with Gasteiger partial charge in [0.1, 0.15) is 0 Å². The van der Waals surface area contributed by atoms with Crippen molar-refractivity contribution in [3.05, 3.63) is 28.8 Å². The number of rotatable bonds is 4. The molecule has 4 nitrogen and oxygen atoms in total. The van der Waals surface area contributed by atoms with Crippen LogP contribution in [0.5, 0.6) is 0 Å². The van der Waals surface area contributed by atoms with E-state index in [9.17, 15) is 4.79 Å². The van der Waals surface area contributed by atoms with Crippen LogP contribution in [0.15, 0.2) is 12.1 Å². The predicted molar refractivity (Wildman–Crippen MR) is 87.5 cm³/mol. The van der Waals surface area contributed by atoms with Crippen molar-refractivity contribution < 1.29 is 4.79 Å². The third-order valence-corrected chi connectivity index (χ3v) is 4.44. The van der Waals surface area contributed by atoms with Crippen molar-refractivity contribution in [1.82, 2.24) is 4.90 Å². The molecule has 0 aliphatic carbocycles. The molecule has 2 rings (SSSR count). The number of amides is 1. The summed E-state index contributed by atoms with van der Waals surface area (Å²) in [6.45, 7) is 11.3. The van der Waals surface area contributed by atoms with Gasteiger partial charge < -0.3 is 11.1 Å². The van der Waals surface area contributed by atoms with E-state index in [1.165, 1.54) is 5.56 Å². The number of likely N-dealkylation sites (tertiary alicyclic amines) is 1. The minimum atomic E-state index is 0.0614. The lowest BCUT2D eigenvalue weighted by Crippen LogP contribution is -2.35. The van der Waals surface area contributed by atoms with E-state index >= 15 is 0 Å². The van der Waals surface area contributed by atoms with Crippen LogP contribution in [0, 0.1) is 26.2 Å². The first-order chi connectivity index (χ1) is 9.83. The van der Waals surface area contributed by atoms with Crippen LogP contribution in [0.2, 0.25) is 0 Å². The number of anilines is 1. The molecule has 3 N–H and O–H groups in total. The number of carbonyl (C=O) groups is 1. The second-order valence-electron chi connectivity index (χ2n) is 6.80. The van der Waals surface area contributed by atoms with E-state index in [1.54, 1.807) is 0 Å². The average Bonchev–Trinajstić information content (AvgIpc) is 2.76. The fourth-order valence-electron chi connectivity index (χ4n) is 3.19. The summed E-state index contributed by atoms with van der Waals surface area (Å²) in [7, 11) is 0. The molecular weight excluding hydrogens is 262 g/mol. The number of nitrogens with two attached hydrogens (primary N) is 1. The molecule has 1 aromatic carbocycles. The maximum absolute atomic E-state index is 12.3. The first kappa shape index (κ1) is 16.0. The van der Waals surface area contributed by atoms with Crippen LogP contribution in [0.1, 0.15) is 30.0 Å². The zero-order valence-electron chi connectivity index (χ0n) is 13.6. The van der Waals surface area contributed by atoms with Crippen LogP contribution < -0.4 is 11.1 Å². The first-order valence-corrected chi connectivity index (χ1v) is 7.63. The Morgan fingerprint density at radius 2 is 1.95 bits per heavy atom. The van der Waals surface area contributed by atoms with Crippen molar-refractivity contribution in [3.63, 3.8) is 0 Å². The van der Waals surface area contributed by atoms with Crippen LogP contribution in [-0.4, -0.2) is 37.0 Å². The van der Waals surface area contributed by atoms with Gasteiger partial charge in [-0.15, -0.1) is 0 Å². The summed E-state index contributed by atoms with van der Waals surface area (Å²) < 4.78 is 0. The van der Waals surface area contributed by atoms with E-state index in [1.807, 2.05) is 13.8 Å². The van der Waals surface area contributed by atoms with Crippen LogP contribution in [-0.2, 0) is 4.79 Å². The van der Waals surface area contributed by atoms with Gasteiger partial charge in [0, 0.05) is 12.2 Å². The van der Waals surface area contributed by atoms with Gasteiger partial charge >= 0.3 is 0 Å². The molecule has 1 fully saturated rings. The zero-order valence-corrected chi connectivity index (χ0v) is 13.6. The molecule has 1 aliphatic rings. The van der Waals surface area contributed by atoms with Gasteiger partial charge in [0.15, 0.2) is 0 Å². The Hall–Kier alpha value is -1.39. The fourth-order valence-corrected chi connectivity index (χ4v) is 3.19. The van der Waals surface area contributed by atoms with E-state index in [0.717, 1.165) is 36.3 Å². The molecule has 0 saturated carbocycles. The topological polar surface area (TPSA) is 58.4 Å². The number of hydrogen-bond donors (Lipinski definition) is 2. The van der Waals surface area contributed by atoms with Gasteiger partial charge in [-0.25, -0.2) is 0 Å². The minimum Gasteiger partial charge on any atom is -0.330 e. The largest absolute Gasteiger partial charge is 0.330 e. The van der Waals surface area contributed by atoms with Crippen molar-refractivity contribution in [1.29, 1.82) is 0 Å². The molecule has 21 heavy (non-hydrogen) atoms. The monoisotopic (exact) mass is 289 g/mol. The van der Waals surface area contributed by atoms with Gasteiger partial charge in [-0.2, -0.15) is 0 Å². The normalized spacial score (nSPS) is 22.5. The quantitative estimate of drug-likeness (QED) is 0.893. The molecule has 1 atom stereocenters. The highest BCUT2D eigenvalue weighted by atomic mass is 16.2. The molecule has 0 bridgehead atoms. The van der Waals surface area contributed by atoms with Crippen molar-refractivity contribution in [3.8, 4) is 0 Å². The summed E-state index contributed by atoms with van der Waals surface area (Å²) in [5, 5.41) is 3.07. The fraction of sp³-hybridized carbons (Fsp3) is 0.588. The Bertz CT molecular complexity index is 518. The highest BCUT2D eigenvalue weighted by Crippen LogP contribution is 2.28. The zero-order chi connectivity index (χ0) is 15.6. The highest BCUT2D eigenvalue weighted by Gasteiger charge is 2.33. The molecule has 1 amide bonds. The molecule has 1 heterocycles. The Kier molecular flexibility index (Phi) is 4.69. The number of carbonyl (C=O) groups excluding carboxylic acids is 1.